The molecule has 2 nitrogen and oxygen atoms in total. The summed E-state index contributed by atoms with van der Waals surface area (Å²) in [6.45, 7) is 6.46. The standard InChI is InChI=1S/C21H22O.C2H4O/c1-3-18-12-13-21(20-7-5-4-6-19(18)20)22-15-14-17-10-8-16(2)9-11-17;1-2-3/h4-13H,3,14-15H2,1-2H3;2H,1H3. The molecule has 0 aliphatic carbocycles. The van der Waals surface area contributed by atoms with E-state index in [0.29, 0.717) is 6.61 Å². The highest BCUT2D eigenvalue weighted by molar-refractivity contribution is 5.91. The van der Waals surface area contributed by atoms with Crippen LogP contribution in [-0.2, 0) is 17.6 Å². The first kappa shape index (κ1) is 18.7. The summed E-state index contributed by atoms with van der Waals surface area (Å²) in [5, 5.41) is 2.52. The van der Waals surface area contributed by atoms with Crippen LogP contribution in [0.4, 0.5) is 0 Å². The second-order valence-electron chi connectivity index (χ2n) is 5.94. The van der Waals surface area contributed by atoms with Gasteiger partial charge in [-0.05, 0) is 42.8 Å². The number of aryl methyl sites for hydroxylation is 2. The van der Waals surface area contributed by atoms with Crippen LogP contribution in [0.15, 0.2) is 60.7 Å². The van der Waals surface area contributed by atoms with Gasteiger partial charge in [-0.2, -0.15) is 0 Å². The average Bonchev–Trinajstić information content (AvgIpc) is 2.64. The van der Waals surface area contributed by atoms with E-state index < -0.39 is 0 Å². The zero-order chi connectivity index (χ0) is 18.1. The summed E-state index contributed by atoms with van der Waals surface area (Å²) in [5.41, 5.74) is 3.99. The van der Waals surface area contributed by atoms with Crippen LogP contribution in [0.1, 0.15) is 30.5 Å². The van der Waals surface area contributed by atoms with Crippen molar-refractivity contribution in [3.8, 4) is 5.75 Å². The predicted molar refractivity (Wildman–Crippen MR) is 105 cm³/mol. The van der Waals surface area contributed by atoms with E-state index in [1.165, 1.54) is 34.4 Å². The van der Waals surface area contributed by atoms with Gasteiger partial charge in [0.2, 0.25) is 0 Å². The van der Waals surface area contributed by atoms with Crippen molar-refractivity contribution in [3.05, 3.63) is 77.4 Å². The first-order valence-electron chi connectivity index (χ1n) is 8.78. The molecular formula is C23H26O2. The van der Waals surface area contributed by atoms with E-state index in [4.69, 9.17) is 9.53 Å². The Morgan fingerprint density at radius 1 is 0.920 bits per heavy atom. The summed E-state index contributed by atoms with van der Waals surface area (Å²) in [7, 11) is 0. The molecule has 3 aromatic rings. The van der Waals surface area contributed by atoms with Crippen molar-refractivity contribution < 1.29 is 9.53 Å². The van der Waals surface area contributed by atoms with E-state index in [9.17, 15) is 0 Å². The highest BCUT2D eigenvalue weighted by Crippen LogP contribution is 2.29. The number of ether oxygens (including phenoxy) is 1. The lowest BCUT2D eigenvalue weighted by Crippen LogP contribution is -2.02. The van der Waals surface area contributed by atoms with Gasteiger partial charge < -0.3 is 9.53 Å². The molecule has 0 unspecified atom stereocenters. The van der Waals surface area contributed by atoms with Crippen LogP contribution in [0.2, 0.25) is 0 Å². The van der Waals surface area contributed by atoms with Crippen molar-refractivity contribution in [2.24, 2.45) is 0 Å². The monoisotopic (exact) mass is 334 g/mol. The van der Waals surface area contributed by atoms with Crippen LogP contribution in [-0.4, -0.2) is 12.9 Å². The molecule has 0 saturated carbocycles. The van der Waals surface area contributed by atoms with Crippen LogP contribution in [0.25, 0.3) is 10.8 Å². The van der Waals surface area contributed by atoms with Gasteiger partial charge in [-0.15, -0.1) is 0 Å². The maximum Gasteiger partial charge on any atom is 0.127 e. The summed E-state index contributed by atoms with van der Waals surface area (Å²) in [5.74, 6) is 0.986. The molecule has 0 aromatic heterocycles. The minimum absolute atomic E-state index is 0.707. The zero-order valence-corrected chi connectivity index (χ0v) is 15.3. The number of hydrogen-bond acceptors (Lipinski definition) is 2. The van der Waals surface area contributed by atoms with Crippen molar-refractivity contribution in [1.82, 2.24) is 0 Å². The third kappa shape index (κ3) is 5.18. The quantitative estimate of drug-likeness (QED) is 0.573. The lowest BCUT2D eigenvalue weighted by Gasteiger charge is -2.12. The number of benzene rings is 3. The topological polar surface area (TPSA) is 26.3 Å². The van der Waals surface area contributed by atoms with Crippen molar-refractivity contribution in [2.45, 2.75) is 33.6 Å². The van der Waals surface area contributed by atoms with Crippen LogP contribution in [0.3, 0.4) is 0 Å². The lowest BCUT2D eigenvalue weighted by molar-refractivity contribution is -0.106. The number of fused-ring (bicyclic) bond motifs is 1. The molecule has 0 N–H and O–H groups in total. The Bertz CT molecular complexity index is 804. The number of rotatable bonds is 5. The van der Waals surface area contributed by atoms with E-state index >= 15 is 0 Å². The Morgan fingerprint density at radius 2 is 1.56 bits per heavy atom. The molecule has 0 fully saturated rings. The molecule has 2 heteroatoms. The maximum absolute atomic E-state index is 8.81. The van der Waals surface area contributed by atoms with E-state index in [-0.39, 0.29) is 0 Å². The van der Waals surface area contributed by atoms with Gasteiger partial charge in [-0.3, -0.25) is 0 Å². The number of carbonyl (C=O) groups is 1. The van der Waals surface area contributed by atoms with Crippen molar-refractivity contribution in [3.63, 3.8) is 0 Å². The predicted octanol–water partition coefficient (Wildman–Crippen LogP) is 5.54. The number of hydrogen-bond donors (Lipinski definition) is 0. The summed E-state index contributed by atoms with van der Waals surface area (Å²) >= 11 is 0. The minimum Gasteiger partial charge on any atom is -0.493 e. The fourth-order valence-electron chi connectivity index (χ4n) is 2.80. The Morgan fingerprint density at radius 3 is 2.20 bits per heavy atom. The van der Waals surface area contributed by atoms with Gasteiger partial charge >= 0.3 is 0 Å². The highest BCUT2D eigenvalue weighted by atomic mass is 16.5. The summed E-state index contributed by atoms with van der Waals surface area (Å²) in [6.07, 6.45) is 2.73. The molecule has 25 heavy (non-hydrogen) atoms. The van der Waals surface area contributed by atoms with Gasteiger partial charge in [0.1, 0.15) is 12.0 Å². The Balaban J connectivity index is 0.000000701. The molecule has 0 atom stereocenters. The van der Waals surface area contributed by atoms with Crippen LogP contribution in [0.5, 0.6) is 5.75 Å². The second kappa shape index (κ2) is 9.63. The first-order valence-corrected chi connectivity index (χ1v) is 8.78. The van der Waals surface area contributed by atoms with E-state index in [0.717, 1.165) is 24.9 Å². The van der Waals surface area contributed by atoms with Crippen molar-refractivity contribution in [2.75, 3.05) is 6.61 Å². The summed E-state index contributed by atoms with van der Waals surface area (Å²) < 4.78 is 6.05. The maximum atomic E-state index is 8.81. The second-order valence-corrected chi connectivity index (χ2v) is 5.94. The van der Waals surface area contributed by atoms with Crippen LogP contribution in [0, 0.1) is 6.92 Å². The minimum atomic E-state index is 0.707. The largest absolute Gasteiger partial charge is 0.493 e. The number of carbonyl (C=O) groups excluding carboxylic acids is 1. The normalized spacial score (nSPS) is 10.0. The van der Waals surface area contributed by atoms with E-state index in [2.05, 4.69) is 74.5 Å². The van der Waals surface area contributed by atoms with Crippen molar-refractivity contribution >= 4 is 17.1 Å². The van der Waals surface area contributed by atoms with Gasteiger partial charge in [0, 0.05) is 11.8 Å². The molecule has 0 heterocycles. The molecule has 0 radical (unpaired) electrons. The molecule has 0 aliphatic rings. The Hall–Kier alpha value is -2.61. The summed E-state index contributed by atoms with van der Waals surface area (Å²) in [6, 6.07) is 21.5. The van der Waals surface area contributed by atoms with E-state index in [1.807, 2.05) is 0 Å². The third-order valence-corrected chi connectivity index (χ3v) is 4.12. The van der Waals surface area contributed by atoms with E-state index in [1.54, 1.807) is 0 Å². The molecular weight excluding hydrogens is 308 g/mol. The average molecular weight is 334 g/mol. The molecule has 0 aliphatic heterocycles. The van der Waals surface area contributed by atoms with Gasteiger partial charge in [-0.25, -0.2) is 0 Å². The van der Waals surface area contributed by atoms with Crippen molar-refractivity contribution in [1.29, 1.82) is 0 Å². The Kier molecular flexibility index (Phi) is 7.21. The number of aldehydes is 1. The molecule has 0 bridgehead atoms. The highest BCUT2D eigenvalue weighted by Gasteiger charge is 2.05. The molecule has 3 rings (SSSR count). The molecule has 130 valence electrons. The molecule has 3 aromatic carbocycles. The fourth-order valence-corrected chi connectivity index (χ4v) is 2.80. The zero-order valence-electron chi connectivity index (χ0n) is 15.3. The SMILES string of the molecule is CC=O.CCc1ccc(OCCc2ccc(C)cc2)c2ccccc12. The van der Waals surface area contributed by atoms with Gasteiger partial charge in [-0.1, -0.05) is 67.1 Å². The molecule has 0 amide bonds. The first-order chi connectivity index (χ1) is 12.2. The third-order valence-electron chi connectivity index (χ3n) is 4.12. The smallest absolute Gasteiger partial charge is 0.127 e. The lowest BCUT2D eigenvalue weighted by atomic mass is 10.0. The Labute approximate surface area is 150 Å². The van der Waals surface area contributed by atoms with Gasteiger partial charge in [0.15, 0.2) is 0 Å². The molecule has 0 spiro atoms. The van der Waals surface area contributed by atoms with Crippen LogP contribution < -0.4 is 4.74 Å². The summed E-state index contributed by atoms with van der Waals surface area (Å²) in [4.78, 5) is 8.81. The van der Waals surface area contributed by atoms with Gasteiger partial charge in [0.25, 0.3) is 0 Å². The fraction of sp³-hybridized carbons (Fsp3) is 0.261. The van der Waals surface area contributed by atoms with Gasteiger partial charge in [0.05, 0.1) is 6.61 Å². The van der Waals surface area contributed by atoms with Crippen LogP contribution >= 0.6 is 0 Å². The molecule has 0 saturated heterocycles.